The predicted octanol–water partition coefficient (Wildman–Crippen LogP) is 1.28. The second kappa shape index (κ2) is 6.29. The molecule has 102 valence electrons. The van der Waals surface area contributed by atoms with Crippen LogP contribution in [0.5, 0.6) is 0 Å². The smallest absolute Gasteiger partial charge is 0.241 e. The van der Waals surface area contributed by atoms with E-state index in [0.29, 0.717) is 5.56 Å². The van der Waals surface area contributed by atoms with Crippen molar-refractivity contribution in [3.05, 3.63) is 29.8 Å². The van der Waals surface area contributed by atoms with E-state index < -0.39 is 22.4 Å². The second-order valence-electron chi connectivity index (χ2n) is 4.02. The summed E-state index contributed by atoms with van der Waals surface area (Å²) in [5, 5.41) is 0. The first kappa shape index (κ1) is 15.1. The first-order chi connectivity index (χ1) is 8.42. The second-order valence-corrected chi connectivity index (χ2v) is 5.70. The zero-order valence-electron chi connectivity index (χ0n) is 11.0. The topological polar surface area (TPSA) is 64.6 Å². The van der Waals surface area contributed by atoms with E-state index >= 15 is 0 Å². The van der Waals surface area contributed by atoms with Crippen LogP contribution in [0.3, 0.4) is 0 Å². The molecule has 0 fully saturated rings. The first-order valence-corrected chi connectivity index (χ1v) is 7.04. The van der Waals surface area contributed by atoms with Crippen LogP contribution in [0.4, 0.5) is 0 Å². The number of rotatable bonds is 6. The summed E-state index contributed by atoms with van der Waals surface area (Å²) in [6.07, 6.45) is -0.621. The summed E-state index contributed by atoms with van der Waals surface area (Å²) >= 11 is 0. The van der Waals surface area contributed by atoms with Gasteiger partial charge in [-0.1, -0.05) is 18.2 Å². The molecule has 5 nitrogen and oxygen atoms in total. The molecule has 18 heavy (non-hydrogen) atoms. The van der Waals surface area contributed by atoms with Crippen molar-refractivity contribution >= 4 is 10.0 Å². The molecular formula is C12H19NO4S. The molecule has 0 saturated heterocycles. The minimum atomic E-state index is -3.57. The van der Waals surface area contributed by atoms with Gasteiger partial charge in [0.25, 0.3) is 0 Å². The van der Waals surface area contributed by atoms with Crippen LogP contribution in [0.1, 0.15) is 12.5 Å². The Morgan fingerprint density at radius 1 is 1.17 bits per heavy atom. The summed E-state index contributed by atoms with van der Waals surface area (Å²) in [7, 11) is -0.635. The minimum absolute atomic E-state index is 0.266. The highest BCUT2D eigenvalue weighted by atomic mass is 32.2. The van der Waals surface area contributed by atoms with Crippen molar-refractivity contribution in [2.45, 2.75) is 31.1 Å². The molecule has 1 aromatic rings. The molecule has 6 heteroatoms. The lowest BCUT2D eigenvalue weighted by Crippen LogP contribution is -2.43. The number of benzene rings is 1. The van der Waals surface area contributed by atoms with Gasteiger partial charge in [-0.25, -0.2) is 13.1 Å². The third-order valence-electron chi connectivity index (χ3n) is 2.60. The molecule has 1 aromatic carbocycles. The van der Waals surface area contributed by atoms with Crippen LogP contribution < -0.4 is 4.72 Å². The number of hydrogen-bond donors (Lipinski definition) is 1. The summed E-state index contributed by atoms with van der Waals surface area (Å²) < 4.78 is 36.9. The third kappa shape index (κ3) is 3.52. The number of hydrogen-bond acceptors (Lipinski definition) is 4. The Balaban J connectivity index is 2.93. The molecule has 0 amide bonds. The van der Waals surface area contributed by atoms with Crippen LogP contribution in [0.2, 0.25) is 0 Å². The molecule has 0 radical (unpaired) electrons. The zero-order chi connectivity index (χ0) is 13.8. The number of ether oxygens (including phenoxy) is 2. The van der Waals surface area contributed by atoms with Gasteiger partial charge in [-0.2, -0.15) is 0 Å². The molecule has 0 aliphatic heterocycles. The highest BCUT2D eigenvalue weighted by Gasteiger charge is 2.24. The van der Waals surface area contributed by atoms with Crippen LogP contribution in [0.25, 0.3) is 0 Å². The molecule has 1 atom stereocenters. The van der Waals surface area contributed by atoms with Crippen molar-refractivity contribution < 1.29 is 17.9 Å². The van der Waals surface area contributed by atoms with E-state index in [0.717, 1.165) is 0 Å². The number of methoxy groups -OCH3 is 2. The van der Waals surface area contributed by atoms with Gasteiger partial charge in [0, 0.05) is 14.2 Å². The minimum Gasteiger partial charge on any atom is -0.354 e. The van der Waals surface area contributed by atoms with Gasteiger partial charge < -0.3 is 9.47 Å². The standard InChI is InChI=1S/C12H19NO4S/c1-9-7-5-6-8-11(9)18(14,15)13-10(2)12(16-3)17-4/h5-8,10,12-13H,1-4H3. The van der Waals surface area contributed by atoms with E-state index in [1.807, 2.05) is 0 Å². The van der Waals surface area contributed by atoms with Crippen molar-refractivity contribution in [1.29, 1.82) is 0 Å². The molecule has 1 N–H and O–H groups in total. The quantitative estimate of drug-likeness (QED) is 0.793. The van der Waals surface area contributed by atoms with Crippen molar-refractivity contribution in [3.63, 3.8) is 0 Å². The average Bonchev–Trinajstić information content (AvgIpc) is 2.30. The number of nitrogens with one attached hydrogen (secondary N) is 1. The Morgan fingerprint density at radius 2 is 1.72 bits per heavy atom. The predicted molar refractivity (Wildman–Crippen MR) is 68.8 cm³/mol. The Morgan fingerprint density at radius 3 is 2.22 bits per heavy atom. The highest BCUT2D eigenvalue weighted by Crippen LogP contribution is 2.15. The van der Waals surface area contributed by atoms with Gasteiger partial charge in [0.05, 0.1) is 10.9 Å². The summed E-state index contributed by atoms with van der Waals surface area (Å²) in [6.45, 7) is 3.44. The van der Waals surface area contributed by atoms with Crippen LogP contribution in [-0.2, 0) is 19.5 Å². The lowest BCUT2D eigenvalue weighted by Gasteiger charge is -2.22. The molecule has 1 unspecified atom stereocenters. The lowest BCUT2D eigenvalue weighted by molar-refractivity contribution is -0.115. The van der Waals surface area contributed by atoms with Crippen molar-refractivity contribution in [1.82, 2.24) is 4.72 Å². The van der Waals surface area contributed by atoms with Gasteiger partial charge in [-0.15, -0.1) is 0 Å². The maximum Gasteiger partial charge on any atom is 0.241 e. The largest absolute Gasteiger partial charge is 0.354 e. The maximum atomic E-state index is 12.2. The van der Waals surface area contributed by atoms with Gasteiger partial charge in [0.2, 0.25) is 10.0 Å². The van der Waals surface area contributed by atoms with Gasteiger partial charge >= 0.3 is 0 Å². The maximum absolute atomic E-state index is 12.2. The lowest BCUT2D eigenvalue weighted by atomic mass is 10.2. The van der Waals surface area contributed by atoms with Crippen molar-refractivity contribution in [2.24, 2.45) is 0 Å². The molecule has 0 bridgehead atoms. The van der Waals surface area contributed by atoms with Gasteiger partial charge in [0.1, 0.15) is 0 Å². The molecule has 1 rings (SSSR count). The monoisotopic (exact) mass is 273 g/mol. The number of sulfonamides is 1. The molecule has 0 spiro atoms. The average molecular weight is 273 g/mol. The molecule has 0 aliphatic rings. The Bertz CT molecular complexity index is 483. The Labute approximate surface area is 108 Å². The first-order valence-electron chi connectivity index (χ1n) is 5.56. The van der Waals surface area contributed by atoms with E-state index in [1.54, 1.807) is 38.1 Å². The van der Waals surface area contributed by atoms with Crippen LogP contribution in [-0.4, -0.2) is 35.0 Å². The van der Waals surface area contributed by atoms with Gasteiger partial charge in [-0.3, -0.25) is 0 Å². The summed E-state index contributed by atoms with van der Waals surface area (Å²) in [5.41, 5.74) is 0.698. The van der Waals surface area contributed by atoms with Crippen LogP contribution in [0.15, 0.2) is 29.2 Å². The van der Waals surface area contributed by atoms with E-state index in [9.17, 15) is 8.42 Å². The van der Waals surface area contributed by atoms with Crippen molar-refractivity contribution in [3.8, 4) is 0 Å². The van der Waals surface area contributed by atoms with Gasteiger partial charge in [-0.05, 0) is 25.5 Å². The van der Waals surface area contributed by atoms with Crippen molar-refractivity contribution in [2.75, 3.05) is 14.2 Å². The molecule has 0 aliphatic carbocycles. The fourth-order valence-corrected chi connectivity index (χ4v) is 3.20. The Kier molecular flexibility index (Phi) is 5.28. The molecule has 0 heterocycles. The molecule has 0 aromatic heterocycles. The summed E-state index contributed by atoms with van der Waals surface area (Å²) in [5.74, 6) is 0. The van der Waals surface area contributed by atoms with E-state index in [-0.39, 0.29) is 4.90 Å². The van der Waals surface area contributed by atoms with E-state index in [4.69, 9.17) is 9.47 Å². The van der Waals surface area contributed by atoms with Crippen LogP contribution in [0, 0.1) is 6.92 Å². The Hall–Kier alpha value is -0.950. The summed E-state index contributed by atoms with van der Waals surface area (Å²) in [4.78, 5) is 0.266. The normalized spacial score (nSPS) is 13.8. The fraction of sp³-hybridized carbons (Fsp3) is 0.500. The fourth-order valence-electron chi connectivity index (χ4n) is 1.73. The van der Waals surface area contributed by atoms with E-state index in [1.165, 1.54) is 14.2 Å². The molecular weight excluding hydrogens is 254 g/mol. The van der Waals surface area contributed by atoms with Crippen LogP contribution >= 0.6 is 0 Å². The zero-order valence-corrected chi connectivity index (χ0v) is 11.8. The van der Waals surface area contributed by atoms with E-state index in [2.05, 4.69) is 4.72 Å². The number of aryl methyl sites for hydroxylation is 1. The SMILES string of the molecule is COC(OC)C(C)NS(=O)(=O)c1ccccc1C. The summed E-state index contributed by atoms with van der Waals surface area (Å²) in [6, 6.07) is 6.33. The highest BCUT2D eigenvalue weighted by molar-refractivity contribution is 7.89. The molecule has 0 saturated carbocycles. The van der Waals surface area contributed by atoms with Gasteiger partial charge in [0.15, 0.2) is 6.29 Å². The third-order valence-corrected chi connectivity index (χ3v) is 4.32.